The lowest BCUT2D eigenvalue weighted by Crippen LogP contribution is -2.14. The Bertz CT molecular complexity index is 632. The molecular weight excluding hydrogens is 326 g/mol. The monoisotopic (exact) mass is 345 g/mol. The molecule has 0 bridgehead atoms. The second-order valence-electron chi connectivity index (χ2n) is 5.48. The molecule has 2 aromatic carbocycles. The summed E-state index contributed by atoms with van der Waals surface area (Å²) in [5.41, 5.74) is 5.03. The number of hydrogen-bond acceptors (Lipinski definition) is 1. The minimum atomic E-state index is -0.0627. The summed E-state index contributed by atoms with van der Waals surface area (Å²) < 4.78 is 0. The average Bonchev–Trinajstić information content (AvgIpc) is 2.49. The largest absolute Gasteiger partial charge is 0.321 e. The third-order valence-electron chi connectivity index (χ3n) is 3.54. The Morgan fingerprint density at radius 1 is 1.14 bits per heavy atom. The SMILES string of the molecule is Cc1cccc(C(C)C)c1NC(=O)c1ccc(CBr)cc1. The van der Waals surface area contributed by atoms with E-state index >= 15 is 0 Å². The van der Waals surface area contributed by atoms with Crippen LogP contribution in [0.3, 0.4) is 0 Å². The molecule has 2 rings (SSSR count). The number of benzene rings is 2. The van der Waals surface area contributed by atoms with E-state index in [1.54, 1.807) is 0 Å². The van der Waals surface area contributed by atoms with E-state index in [-0.39, 0.29) is 5.91 Å². The van der Waals surface area contributed by atoms with Crippen molar-refractivity contribution in [1.82, 2.24) is 0 Å². The molecule has 0 fully saturated rings. The highest BCUT2D eigenvalue weighted by atomic mass is 79.9. The molecule has 3 heteroatoms. The van der Waals surface area contributed by atoms with Gasteiger partial charge in [-0.25, -0.2) is 0 Å². The fraction of sp³-hybridized carbons (Fsp3) is 0.278. The highest BCUT2D eigenvalue weighted by Gasteiger charge is 2.13. The van der Waals surface area contributed by atoms with Gasteiger partial charge in [-0.1, -0.05) is 60.1 Å². The molecule has 0 spiro atoms. The fourth-order valence-electron chi connectivity index (χ4n) is 2.27. The third kappa shape index (κ3) is 3.73. The minimum absolute atomic E-state index is 0.0627. The molecule has 2 nitrogen and oxygen atoms in total. The number of aryl methyl sites for hydroxylation is 1. The van der Waals surface area contributed by atoms with Gasteiger partial charge in [-0.3, -0.25) is 4.79 Å². The van der Waals surface area contributed by atoms with E-state index in [9.17, 15) is 4.79 Å². The summed E-state index contributed by atoms with van der Waals surface area (Å²) in [6.07, 6.45) is 0. The summed E-state index contributed by atoms with van der Waals surface area (Å²) in [5.74, 6) is 0.309. The number of nitrogens with one attached hydrogen (secondary N) is 1. The van der Waals surface area contributed by atoms with E-state index in [1.165, 1.54) is 5.56 Å². The highest BCUT2D eigenvalue weighted by molar-refractivity contribution is 9.08. The van der Waals surface area contributed by atoms with Crippen molar-refractivity contribution in [1.29, 1.82) is 0 Å². The van der Waals surface area contributed by atoms with Crippen LogP contribution in [0.1, 0.15) is 46.8 Å². The van der Waals surface area contributed by atoms with Crippen LogP contribution in [0, 0.1) is 6.92 Å². The fourth-order valence-corrected chi connectivity index (χ4v) is 2.65. The quantitative estimate of drug-likeness (QED) is 0.751. The van der Waals surface area contributed by atoms with Gasteiger partial charge in [0.25, 0.3) is 5.91 Å². The smallest absolute Gasteiger partial charge is 0.255 e. The van der Waals surface area contributed by atoms with Gasteiger partial charge < -0.3 is 5.32 Å². The maximum Gasteiger partial charge on any atom is 0.255 e. The number of hydrogen-bond donors (Lipinski definition) is 1. The Labute approximate surface area is 134 Å². The van der Waals surface area contributed by atoms with Crippen LogP contribution in [0.2, 0.25) is 0 Å². The number of para-hydroxylation sites is 1. The maximum absolute atomic E-state index is 12.4. The molecular formula is C18H20BrNO. The standard InChI is InChI=1S/C18H20BrNO/c1-12(2)16-6-4-5-13(3)17(16)20-18(21)15-9-7-14(11-19)8-10-15/h4-10,12H,11H2,1-3H3,(H,20,21). The summed E-state index contributed by atoms with van der Waals surface area (Å²) in [7, 11) is 0. The number of carbonyl (C=O) groups excluding carboxylic acids is 1. The molecule has 110 valence electrons. The van der Waals surface area contributed by atoms with Gasteiger partial charge in [0.05, 0.1) is 0 Å². The molecule has 1 N–H and O–H groups in total. The second-order valence-corrected chi connectivity index (χ2v) is 6.04. The van der Waals surface area contributed by atoms with Crippen molar-refractivity contribution < 1.29 is 4.79 Å². The zero-order chi connectivity index (χ0) is 15.4. The minimum Gasteiger partial charge on any atom is -0.321 e. The van der Waals surface area contributed by atoms with Crippen LogP contribution in [0.15, 0.2) is 42.5 Å². The predicted molar refractivity (Wildman–Crippen MR) is 92.3 cm³/mol. The molecule has 0 aliphatic heterocycles. The van der Waals surface area contributed by atoms with E-state index in [0.717, 1.165) is 22.1 Å². The van der Waals surface area contributed by atoms with E-state index in [4.69, 9.17) is 0 Å². The first kappa shape index (κ1) is 15.8. The number of rotatable bonds is 4. The third-order valence-corrected chi connectivity index (χ3v) is 4.18. The molecule has 0 saturated carbocycles. The molecule has 0 aliphatic carbocycles. The lowest BCUT2D eigenvalue weighted by Gasteiger charge is -2.16. The van der Waals surface area contributed by atoms with Crippen LogP contribution in [0.25, 0.3) is 0 Å². The zero-order valence-electron chi connectivity index (χ0n) is 12.6. The van der Waals surface area contributed by atoms with Gasteiger partial charge in [-0.05, 0) is 41.7 Å². The van der Waals surface area contributed by atoms with Crippen LogP contribution < -0.4 is 5.32 Å². The highest BCUT2D eigenvalue weighted by Crippen LogP contribution is 2.27. The van der Waals surface area contributed by atoms with Crippen molar-refractivity contribution in [3.05, 3.63) is 64.7 Å². The Kier molecular flexibility index (Phi) is 5.18. The van der Waals surface area contributed by atoms with Crippen LogP contribution in [-0.4, -0.2) is 5.91 Å². The van der Waals surface area contributed by atoms with Crippen LogP contribution in [0.4, 0.5) is 5.69 Å². The molecule has 0 aromatic heterocycles. The normalized spacial score (nSPS) is 10.7. The molecule has 0 aliphatic rings. The first-order valence-electron chi connectivity index (χ1n) is 7.08. The van der Waals surface area contributed by atoms with Gasteiger partial charge in [0.1, 0.15) is 0 Å². The molecule has 0 atom stereocenters. The number of amides is 1. The molecule has 0 radical (unpaired) electrons. The van der Waals surface area contributed by atoms with Crippen molar-refractivity contribution in [2.45, 2.75) is 32.0 Å². The van der Waals surface area contributed by atoms with Gasteiger partial charge in [0.15, 0.2) is 0 Å². The van der Waals surface area contributed by atoms with Gasteiger partial charge in [0.2, 0.25) is 0 Å². The van der Waals surface area contributed by atoms with Gasteiger partial charge in [-0.15, -0.1) is 0 Å². The van der Waals surface area contributed by atoms with E-state index in [2.05, 4.69) is 41.2 Å². The topological polar surface area (TPSA) is 29.1 Å². The number of alkyl halides is 1. The Hall–Kier alpha value is -1.61. The summed E-state index contributed by atoms with van der Waals surface area (Å²) in [6.45, 7) is 6.29. The van der Waals surface area contributed by atoms with E-state index in [1.807, 2.05) is 43.3 Å². The molecule has 2 aromatic rings. The first-order valence-corrected chi connectivity index (χ1v) is 8.21. The average molecular weight is 346 g/mol. The van der Waals surface area contributed by atoms with Crippen molar-refractivity contribution in [3.63, 3.8) is 0 Å². The summed E-state index contributed by atoms with van der Waals surface area (Å²) in [6, 6.07) is 13.8. The number of carbonyl (C=O) groups is 1. The van der Waals surface area contributed by atoms with E-state index in [0.29, 0.717) is 11.5 Å². The predicted octanol–water partition coefficient (Wildman–Crippen LogP) is 5.27. The maximum atomic E-state index is 12.4. The van der Waals surface area contributed by atoms with Crippen molar-refractivity contribution in [2.24, 2.45) is 0 Å². The molecule has 0 heterocycles. The first-order chi connectivity index (χ1) is 10.0. The lowest BCUT2D eigenvalue weighted by molar-refractivity contribution is 0.102. The molecule has 1 amide bonds. The van der Waals surface area contributed by atoms with Crippen molar-refractivity contribution in [2.75, 3.05) is 5.32 Å². The Balaban J connectivity index is 2.26. The van der Waals surface area contributed by atoms with Crippen LogP contribution in [-0.2, 0) is 5.33 Å². The second kappa shape index (κ2) is 6.90. The summed E-state index contributed by atoms with van der Waals surface area (Å²) >= 11 is 3.41. The number of anilines is 1. The van der Waals surface area contributed by atoms with Crippen LogP contribution in [0.5, 0.6) is 0 Å². The lowest BCUT2D eigenvalue weighted by atomic mass is 9.98. The van der Waals surface area contributed by atoms with E-state index < -0.39 is 0 Å². The Morgan fingerprint density at radius 3 is 2.38 bits per heavy atom. The molecule has 21 heavy (non-hydrogen) atoms. The molecule has 0 saturated heterocycles. The summed E-state index contributed by atoms with van der Waals surface area (Å²) in [4.78, 5) is 12.4. The number of halogens is 1. The van der Waals surface area contributed by atoms with Crippen LogP contribution >= 0.6 is 15.9 Å². The van der Waals surface area contributed by atoms with Gasteiger partial charge in [0, 0.05) is 16.6 Å². The van der Waals surface area contributed by atoms with Crippen molar-refractivity contribution in [3.8, 4) is 0 Å². The van der Waals surface area contributed by atoms with Crippen molar-refractivity contribution >= 4 is 27.5 Å². The zero-order valence-corrected chi connectivity index (χ0v) is 14.2. The molecule has 0 unspecified atom stereocenters. The van der Waals surface area contributed by atoms with Gasteiger partial charge >= 0.3 is 0 Å². The van der Waals surface area contributed by atoms with Gasteiger partial charge in [-0.2, -0.15) is 0 Å². The summed E-state index contributed by atoms with van der Waals surface area (Å²) in [5, 5.41) is 3.86. The Morgan fingerprint density at radius 2 is 1.81 bits per heavy atom.